The van der Waals surface area contributed by atoms with Crippen LogP contribution in [0.15, 0.2) is 35.8 Å². The number of ether oxygens (including phenoxy) is 1. The number of thiophene rings is 1. The molecule has 1 amide bonds. The van der Waals surface area contributed by atoms with Gasteiger partial charge in [0.05, 0.1) is 28.5 Å². The van der Waals surface area contributed by atoms with Crippen molar-refractivity contribution in [3.05, 3.63) is 63.2 Å². The van der Waals surface area contributed by atoms with E-state index in [1.807, 2.05) is 44.4 Å². The number of carbonyl (C=O) groups is 1. The van der Waals surface area contributed by atoms with Crippen molar-refractivity contribution in [3.8, 4) is 17.0 Å². The van der Waals surface area contributed by atoms with Crippen molar-refractivity contribution in [1.82, 2.24) is 15.3 Å². The number of fused-ring (bicyclic) bond motifs is 1. The minimum atomic E-state index is -0.0801. The van der Waals surface area contributed by atoms with Crippen LogP contribution in [-0.2, 0) is 6.42 Å². The van der Waals surface area contributed by atoms with Crippen molar-refractivity contribution in [3.63, 3.8) is 0 Å². The van der Waals surface area contributed by atoms with Crippen LogP contribution < -0.4 is 10.1 Å². The quantitative estimate of drug-likeness (QED) is 0.748. The molecular weight excluding hydrogens is 358 g/mol. The fraction of sp³-hybridized carbons (Fsp3) is 0.286. The van der Waals surface area contributed by atoms with Gasteiger partial charge in [-0.2, -0.15) is 0 Å². The second-order valence-electron chi connectivity index (χ2n) is 6.83. The van der Waals surface area contributed by atoms with Gasteiger partial charge in [-0.3, -0.25) is 9.78 Å². The smallest absolute Gasteiger partial charge is 0.261 e. The highest BCUT2D eigenvalue weighted by Gasteiger charge is 2.27. The van der Waals surface area contributed by atoms with Crippen LogP contribution in [0.25, 0.3) is 11.3 Å². The molecule has 1 atom stereocenters. The van der Waals surface area contributed by atoms with Crippen LogP contribution in [0.1, 0.15) is 32.2 Å². The van der Waals surface area contributed by atoms with Gasteiger partial charge in [0, 0.05) is 18.2 Å². The highest BCUT2D eigenvalue weighted by molar-refractivity contribution is 7.12. The molecule has 1 aromatic carbocycles. The Labute approximate surface area is 162 Å². The molecule has 2 aromatic heterocycles. The summed E-state index contributed by atoms with van der Waals surface area (Å²) in [5.41, 5.74) is 5.71. The Hall–Kier alpha value is -2.73. The molecule has 0 aliphatic carbocycles. The van der Waals surface area contributed by atoms with Crippen LogP contribution in [0.3, 0.4) is 0 Å². The average Bonchev–Trinajstić information content (AvgIpc) is 3.27. The summed E-state index contributed by atoms with van der Waals surface area (Å²) in [5, 5.41) is 4.94. The Morgan fingerprint density at radius 1 is 1.30 bits per heavy atom. The Bertz CT molecular complexity index is 1010. The van der Waals surface area contributed by atoms with Crippen molar-refractivity contribution in [2.75, 3.05) is 6.54 Å². The van der Waals surface area contributed by atoms with Crippen molar-refractivity contribution >= 4 is 17.2 Å². The zero-order valence-corrected chi connectivity index (χ0v) is 16.4. The lowest BCUT2D eigenvalue weighted by Gasteiger charge is -2.14. The zero-order valence-electron chi connectivity index (χ0n) is 15.6. The monoisotopic (exact) mass is 379 g/mol. The van der Waals surface area contributed by atoms with E-state index in [-0.39, 0.29) is 12.0 Å². The van der Waals surface area contributed by atoms with Crippen LogP contribution in [-0.4, -0.2) is 28.5 Å². The minimum Gasteiger partial charge on any atom is -0.487 e. The first-order valence-corrected chi connectivity index (χ1v) is 9.82. The van der Waals surface area contributed by atoms with E-state index in [4.69, 9.17) is 4.74 Å². The lowest BCUT2D eigenvalue weighted by molar-refractivity contribution is 0.0937. The number of rotatable bonds is 4. The van der Waals surface area contributed by atoms with Crippen LogP contribution in [0.4, 0.5) is 0 Å². The summed E-state index contributed by atoms with van der Waals surface area (Å²) in [6.45, 7) is 6.32. The van der Waals surface area contributed by atoms with Gasteiger partial charge in [0.1, 0.15) is 11.9 Å². The van der Waals surface area contributed by atoms with Gasteiger partial charge in [0.25, 0.3) is 5.91 Å². The Kier molecular flexibility index (Phi) is 4.66. The Balaban J connectivity index is 1.52. The SMILES string of the molecule is Cc1cnc(C)c(-c2cccc3c2O[C@H](CNC(=O)c2sccc2C)C3)n1. The van der Waals surface area contributed by atoms with Crippen LogP contribution in [0.2, 0.25) is 0 Å². The first kappa shape index (κ1) is 17.7. The van der Waals surface area contributed by atoms with Crippen LogP contribution in [0.5, 0.6) is 5.75 Å². The second-order valence-corrected chi connectivity index (χ2v) is 7.74. The summed E-state index contributed by atoms with van der Waals surface area (Å²) in [5.74, 6) is 0.815. The summed E-state index contributed by atoms with van der Waals surface area (Å²) in [4.78, 5) is 22.2. The molecule has 1 aliphatic heterocycles. The largest absolute Gasteiger partial charge is 0.487 e. The predicted octanol–water partition coefficient (Wildman–Crippen LogP) is 3.86. The predicted molar refractivity (Wildman–Crippen MR) is 106 cm³/mol. The maximum atomic E-state index is 12.4. The van der Waals surface area contributed by atoms with Crippen molar-refractivity contribution in [1.29, 1.82) is 0 Å². The highest BCUT2D eigenvalue weighted by Crippen LogP contribution is 2.38. The lowest BCUT2D eigenvalue weighted by Crippen LogP contribution is -2.34. The standard InChI is InChI=1S/C21H21N3O2S/c1-12-7-8-27-20(12)21(25)23-11-16-9-15-5-4-6-17(19(15)26-16)18-14(3)22-10-13(2)24-18/h4-8,10,16H,9,11H2,1-3H3,(H,23,25)/t16-/m0/s1. The molecule has 0 fully saturated rings. The molecule has 1 N–H and O–H groups in total. The van der Waals surface area contributed by atoms with Gasteiger partial charge >= 0.3 is 0 Å². The third-order valence-corrected chi connectivity index (χ3v) is 5.73. The molecule has 0 saturated carbocycles. The molecule has 4 rings (SSSR count). The number of amides is 1. The number of para-hydroxylation sites is 1. The molecule has 3 aromatic rings. The molecule has 5 nitrogen and oxygen atoms in total. The number of carbonyl (C=O) groups excluding carboxylic acids is 1. The normalized spacial score (nSPS) is 15.3. The molecule has 27 heavy (non-hydrogen) atoms. The van der Waals surface area contributed by atoms with E-state index in [1.165, 1.54) is 11.3 Å². The van der Waals surface area contributed by atoms with Gasteiger partial charge in [-0.1, -0.05) is 12.1 Å². The maximum absolute atomic E-state index is 12.4. The summed E-state index contributed by atoms with van der Waals surface area (Å²) in [7, 11) is 0. The molecule has 1 aliphatic rings. The molecule has 3 heterocycles. The zero-order chi connectivity index (χ0) is 19.0. The molecule has 0 saturated heterocycles. The number of hydrogen-bond donors (Lipinski definition) is 1. The van der Waals surface area contributed by atoms with Crippen molar-refractivity contribution < 1.29 is 9.53 Å². The van der Waals surface area contributed by atoms with E-state index < -0.39 is 0 Å². The second kappa shape index (κ2) is 7.12. The fourth-order valence-electron chi connectivity index (χ4n) is 3.32. The molecule has 138 valence electrons. The van der Waals surface area contributed by atoms with Gasteiger partial charge in [-0.25, -0.2) is 4.98 Å². The van der Waals surface area contributed by atoms with Gasteiger partial charge in [-0.05, 0) is 49.4 Å². The van der Waals surface area contributed by atoms with Gasteiger partial charge in [-0.15, -0.1) is 11.3 Å². The average molecular weight is 379 g/mol. The first-order chi connectivity index (χ1) is 13.0. The summed E-state index contributed by atoms with van der Waals surface area (Å²) in [6, 6.07) is 8.07. The van der Waals surface area contributed by atoms with E-state index >= 15 is 0 Å². The molecule has 0 radical (unpaired) electrons. The topological polar surface area (TPSA) is 64.1 Å². The highest BCUT2D eigenvalue weighted by atomic mass is 32.1. The maximum Gasteiger partial charge on any atom is 0.261 e. The van der Waals surface area contributed by atoms with Gasteiger partial charge < -0.3 is 10.1 Å². The summed E-state index contributed by atoms with van der Waals surface area (Å²) in [6.07, 6.45) is 2.46. The Morgan fingerprint density at radius 3 is 2.93 bits per heavy atom. The van der Waals surface area contributed by atoms with Crippen LogP contribution in [0, 0.1) is 20.8 Å². The van der Waals surface area contributed by atoms with Crippen LogP contribution >= 0.6 is 11.3 Å². The number of nitrogens with one attached hydrogen (secondary N) is 1. The number of nitrogens with zero attached hydrogens (tertiary/aromatic N) is 2. The molecule has 0 bridgehead atoms. The third-order valence-electron chi connectivity index (χ3n) is 4.72. The summed E-state index contributed by atoms with van der Waals surface area (Å²) < 4.78 is 6.21. The summed E-state index contributed by atoms with van der Waals surface area (Å²) >= 11 is 1.46. The van der Waals surface area contributed by atoms with E-state index in [1.54, 1.807) is 6.20 Å². The van der Waals surface area contributed by atoms with Gasteiger partial charge in [0.2, 0.25) is 0 Å². The molecule has 6 heteroatoms. The van der Waals surface area contributed by atoms with Crippen molar-refractivity contribution in [2.24, 2.45) is 0 Å². The van der Waals surface area contributed by atoms with Gasteiger partial charge in [0.15, 0.2) is 0 Å². The molecule has 0 unspecified atom stereocenters. The van der Waals surface area contributed by atoms with E-state index in [9.17, 15) is 4.79 Å². The first-order valence-electron chi connectivity index (χ1n) is 8.94. The Morgan fingerprint density at radius 2 is 2.15 bits per heavy atom. The molecule has 0 spiro atoms. The number of aromatic nitrogens is 2. The van der Waals surface area contributed by atoms with E-state index in [0.29, 0.717) is 6.54 Å². The molecular formula is C21H21N3O2S. The number of benzene rings is 1. The lowest BCUT2D eigenvalue weighted by atomic mass is 10.0. The minimum absolute atomic E-state index is 0.0392. The van der Waals surface area contributed by atoms with Crippen molar-refractivity contribution in [2.45, 2.75) is 33.3 Å². The number of hydrogen-bond acceptors (Lipinski definition) is 5. The number of aryl methyl sites for hydroxylation is 3. The third kappa shape index (κ3) is 3.45. The van der Waals surface area contributed by atoms with E-state index in [0.717, 1.165) is 50.8 Å². The van der Waals surface area contributed by atoms with E-state index in [2.05, 4.69) is 21.4 Å². The fourth-order valence-corrected chi connectivity index (χ4v) is 4.16.